The second-order valence-electron chi connectivity index (χ2n) is 7.90. The minimum atomic E-state index is -2.17. The SMILES string of the molecule is N#CC1CP(c2ccccc2)(c2ccccc2)=NC1(c1ccccc1)c1ccccc1. The Hall–Kier alpha value is -3.40. The zero-order valence-corrected chi connectivity index (χ0v) is 18.1. The minimum Gasteiger partial charge on any atom is -0.277 e. The molecule has 0 saturated carbocycles. The Bertz CT molecular complexity index is 1180. The first-order valence-electron chi connectivity index (χ1n) is 10.5. The van der Waals surface area contributed by atoms with Crippen molar-refractivity contribution in [2.45, 2.75) is 5.54 Å². The summed E-state index contributed by atoms with van der Waals surface area (Å²) in [6.07, 6.45) is 0.737. The third-order valence-corrected chi connectivity index (χ3v) is 10.1. The summed E-state index contributed by atoms with van der Waals surface area (Å²) in [5, 5.41) is 12.9. The molecule has 0 fully saturated rings. The molecule has 1 heterocycles. The summed E-state index contributed by atoms with van der Waals surface area (Å²) in [6.45, 7) is 0. The van der Waals surface area contributed by atoms with Gasteiger partial charge in [0, 0.05) is 13.2 Å². The molecule has 0 saturated heterocycles. The van der Waals surface area contributed by atoms with Crippen molar-refractivity contribution in [3.63, 3.8) is 0 Å². The largest absolute Gasteiger partial charge is 0.277 e. The molecule has 31 heavy (non-hydrogen) atoms. The normalized spacial score (nSPS) is 18.6. The van der Waals surface area contributed by atoms with E-state index in [4.69, 9.17) is 4.74 Å². The lowest BCUT2D eigenvalue weighted by Gasteiger charge is -2.31. The molecule has 0 bridgehead atoms. The van der Waals surface area contributed by atoms with Crippen LogP contribution in [0, 0.1) is 17.2 Å². The van der Waals surface area contributed by atoms with Gasteiger partial charge in [-0.1, -0.05) is 121 Å². The van der Waals surface area contributed by atoms with Gasteiger partial charge < -0.3 is 0 Å². The van der Waals surface area contributed by atoms with Crippen LogP contribution < -0.4 is 10.6 Å². The van der Waals surface area contributed by atoms with Gasteiger partial charge in [-0.05, 0) is 21.7 Å². The highest BCUT2D eigenvalue weighted by Crippen LogP contribution is 2.63. The topological polar surface area (TPSA) is 36.1 Å². The van der Waals surface area contributed by atoms with Crippen LogP contribution >= 0.6 is 7.05 Å². The minimum absolute atomic E-state index is 0.258. The first-order valence-corrected chi connectivity index (χ1v) is 12.5. The maximum atomic E-state index is 10.5. The molecule has 4 aromatic carbocycles. The maximum Gasteiger partial charge on any atom is 0.126 e. The Balaban J connectivity index is 1.91. The monoisotopic (exact) mass is 418 g/mol. The molecule has 1 aliphatic rings. The zero-order valence-electron chi connectivity index (χ0n) is 17.2. The van der Waals surface area contributed by atoms with E-state index in [1.165, 1.54) is 10.6 Å². The lowest BCUT2D eigenvalue weighted by Crippen LogP contribution is -2.32. The van der Waals surface area contributed by atoms with E-state index in [0.29, 0.717) is 0 Å². The predicted octanol–water partition coefficient (Wildman–Crippen LogP) is 5.94. The fourth-order valence-corrected chi connectivity index (χ4v) is 8.95. The van der Waals surface area contributed by atoms with Crippen molar-refractivity contribution in [2.24, 2.45) is 10.7 Å². The lowest BCUT2D eigenvalue weighted by atomic mass is 9.75. The first kappa shape index (κ1) is 19.6. The number of hydrogen-bond donors (Lipinski definition) is 0. The van der Waals surface area contributed by atoms with Crippen molar-refractivity contribution >= 4 is 17.7 Å². The highest BCUT2D eigenvalue weighted by Gasteiger charge is 2.52. The van der Waals surface area contributed by atoms with Gasteiger partial charge in [0.2, 0.25) is 0 Å². The molecule has 5 rings (SSSR count). The van der Waals surface area contributed by atoms with E-state index in [2.05, 4.69) is 78.9 Å². The molecule has 150 valence electrons. The molecule has 0 aromatic heterocycles. The van der Waals surface area contributed by atoms with Gasteiger partial charge in [0.05, 0.1) is 12.0 Å². The van der Waals surface area contributed by atoms with E-state index in [0.717, 1.165) is 17.3 Å². The van der Waals surface area contributed by atoms with Crippen molar-refractivity contribution in [2.75, 3.05) is 6.16 Å². The number of hydrogen-bond acceptors (Lipinski definition) is 2. The first-order chi connectivity index (χ1) is 15.3. The summed E-state index contributed by atoms with van der Waals surface area (Å²) < 4.78 is 5.77. The molecule has 2 nitrogen and oxygen atoms in total. The predicted molar refractivity (Wildman–Crippen MR) is 129 cm³/mol. The summed E-state index contributed by atoms with van der Waals surface area (Å²) in [7, 11) is -2.17. The van der Waals surface area contributed by atoms with Gasteiger partial charge >= 0.3 is 0 Å². The summed E-state index contributed by atoms with van der Waals surface area (Å²) in [5.41, 5.74) is 1.47. The smallest absolute Gasteiger partial charge is 0.126 e. The van der Waals surface area contributed by atoms with E-state index in [1.807, 2.05) is 48.5 Å². The van der Waals surface area contributed by atoms with Gasteiger partial charge in [0.15, 0.2) is 0 Å². The van der Waals surface area contributed by atoms with Crippen LogP contribution in [-0.4, -0.2) is 6.16 Å². The van der Waals surface area contributed by atoms with E-state index < -0.39 is 12.6 Å². The number of nitrogens with zero attached hydrogens (tertiary/aromatic N) is 2. The second kappa shape index (κ2) is 8.03. The van der Waals surface area contributed by atoms with Gasteiger partial charge in [-0.2, -0.15) is 5.26 Å². The summed E-state index contributed by atoms with van der Waals surface area (Å²) in [5.74, 6) is -0.258. The van der Waals surface area contributed by atoms with Crippen molar-refractivity contribution in [3.8, 4) is 6.07 Å². The number of nitriles is 1. The van der Waals surface area contributed by atoms with E-state index in [-0.39, 0.29) is 5.92 Å². The van der Waals surface area contributed by atoms with Gasteiger partial charge in [0.25, 0.3) is 0 Å². The summed E-state index contributed by atoms with van der Waals surface area (Å²) >= 11 is 0. The standard InChI is InChI=1S/C28H23N2P/c29-21-25-22-31(26-17-9-3-10-18-26,27-19-11-4-12-20-27)30-28(25,23-13-5-1-6-14-23)24-15-7-2-8-16-24/h1-20,25H,22H2. The van der Waals surface area contributed by atoms with Crippen LogP contribution in [0.3, 0.4) is 0 Å². The zero-order chi connectivity index (χ0) is 21.2. The second-order valence-corrected chi connectivity index (χ2v) is 11.0. The molecule has 0 radical (unpaired) electrons. The van der Waals surface area contributed by atoms with E-state index in [1.54, 1.807) is 0 Å². The molecular weight excluding hydrogens is 395 g/mol. The van der Waals surface area contributed by atoms with Crippen LogP contribution in [0.5, 0.6) is 0 Å². The fourth-order valence-electron chi connectivity index (χ4n) is 4.80. The summed E-state index contributed by atoms with van der Waals surface area (Å²) in [4.78, 5) is 0. The Labute approximate surface area is 183 Å². The highest BCUT2D eigenvalue weighted by molar-refractivity contribution is 7.81. The molecular formula is C28H23N2P. The fraction of sp³-hybridized carbons (Fsp3) is 0.107. The lowest BCUT2D eigenvalue weighted by molar-refractivity contribution is 0.462. The Morgan fingerprint density at radius 1 is 0.645 bits per heavy atom. The molecule has 4 aromatic rings. The molecule has 0 amide bonds. The molecule has 0 N–H and O–H groups in total. The van der Waals surface area contributed by atoms with Crippen LogP contribution in [-0.2, 0) is 5.54 Å². The van der Waals surface area contributed by atoms with Crippen LogP contribution in [0.4, 0.5) is 0 Å². The number of benzene rings is 4. The average molecular weight is 418 g/mol. The van der Waals surface area contributed by atoms with Gasteiger partial charge in [-0.15, -0.1) is 0 Å². The van der Waals surface area contributed by atoms with Gasteiger partial charge in [0.1, 0.15) is 5.54 Å². The van der Waals surface area contributed by atoms with E-state index >= 15 is 0 Å². The molecule has 0 aliphatic carbocycles. The third-order valence-electron chi connectivity index (χ3n) is 6.23. The Morgan fingerprint density at radius 2 is 1.03 bits per heavy atom. The quantitative estimate of drug-likeness (QED) is 0.378. The molecule has 1 unspecified atom stereocenters. The van der Waals surface area contributed by atoms with Crippen molar-refractivity contribution in [1.82, 2.24) is 0 Å². The molecule has 1 aliphatic heterocycles. The van der Waals surface area contributed by atoms with Gasteiger partial charge in [-0.3, -0.25) is 4.74 Å². The number of rotatable bonds is 4. The van der Waals surface area contributed by atoms with Crippen LogP contribution in [0.25, 0.3) is 0 Å². The van der Waals surface area contributed by atoms with Crippen LogP contribution in [0.2, 0.25) is 0 Å². The van der Waals surface area contributed by atoms with Crippen molar-refractivity contribution < 1.29 is 0 Å². The molecule has 0 spiro atoms. The highest BCUT2D eigenvalue weighted by atomic mass is 31.2. The van der Waals surface area contributed by atoms with Crippen molar-refractivity contribution in [1.29, 1.82) is 5.26 Å². The van der Waals surface area contributed by atoms with Gasteiger partial charge in [-0.25, -0.2) is 0 Å². The van der Waals surface area contributed by atoms with Crippen LogP contribution in [0.15, 0.2) is 126 Å². The molecule has 3 heteroatoms. The summed E-state index contributed by atoms with van der Waals surface area (Å²) in [6, 6.07) is 44.6. The maximum absolute atomic E-state index is 10.5. The Morgan fingerprint density at radius 3 is 1.42 bits per heavy atom. The average Bonchev–Trinajstić information content (AvgIpc) is 3.24. The van der Waals surface area contributed by atoms with Crippen LogP contribution in [0.1, 0.15) is 11.1 Å². The third kappa shape index (κ3) is 3.14. The van der Waals surface area contributed by atoms with Crippen molar-refractivity contribution in [3.05, 3.63) is 132 Å². The Kier molecular flexibility index (Phi) is 5.06. The molecule has 1 atom stereocenters. The van der Waals surface area contributed by atoms with E-state index in [9.17, 15) is 5.26 Å².